The second-order valence-electron chi connectivity index (χ2n) is 6.52. The van der Waals surface area contributed by atoms with Crippen molar-refractivity contribution in [1.82, 2.24) is 0 Å². The molecule has 0 saturated heterocycles. The lowest BCUT2D eigenvalue weighted by Gasteiger charge is -2.41. The molecule has 1 fully saturated rings. The van der Waals surface area contributed by atoms with Crippen LogP contribution in [0.4, 0.5) is 0 Å². The Bertz CT molecular complexity index is 221. The zero-order valence-electron chi connectivity index (χ0n) is 13.4. The summed E-state index contributed by atoms with van der Waals surface area (Å²) in [5.74, 6) is 0.906. The Balaban J connectivity index is 2.31. The first kappa shape index (κ1) is 17.0. The van der Waals surface area contributed by atoms with E-state index in [1.165, 1.54) is 64.2 Å². The molecule has 0 amide bonds. The summed E-state index contributed by atoms with van der Waals surface area (Å²) >= 11 is 0. The molecule has 0 spiro atoms. The third kappa shape index (κ3) is 5.83. The predicted octanol–water partition coefficient (Wildman–Crippen LogP) is 4.66. The van der Waals surface area contributed by atoms with E-state index in [0.29, 0.717) is 12.6 Å². The average Bonchev–Trinajstić information content (AvgIpc) is 2.44. The van der Waals surface area contributed by atoms with Crippen molar-refractivity contribution < 1.29 is 4.74 Å². The third-order valence-corrected chi connectivity index (χ3v) is 4.88. The summed E-state index contributed by atoms with van der Waals surface area (Å²) in [6.45, 7) is 7.49. The van der Waals surface area contributed by atoms with Crippen molar-refractivity contribution in [1.29, 1.82) is 0 Å². The normalized spacial score (nSPS) is 29.4. The van der Waals surface area contributed by atoms with Gasteiger partial charge in [0.1, 0.15) is 0 Å². The van der Waals surface area contributed by atoms with Crippen LogP contribution in [-0.4, -0.2) is 18.2 Å². The lowest BCUT2D eigenvalue weighted by Crippen LogP contribution is -2.46. The molecule has 2 heteroatoms. The Labute approximate surface area is 120 Å². The van der Waals surface area contributed by atoms with Gasteiger partial charge in [-0.3, -0.25) is 0 Å². The highest BCUT2D eigenvalue weighted by atomic mass is 16.5. The van der Waals surface area contributed by atoms with Crippen LogP contribution in [-0.2, 0) is 4.74 Å². The smallest absolute Gasteiger partial charge is 0.0807 e. The minimum atomic E-state index is -0.00412. The lowest BCUT2D eigenvalue weighted by molar-refractivity contribution is -0.110. The standard InChI is InChI=1S/C17H35NO/c1-4-6-7-8-9-15(3)19-17(14-18)12-10-16(5-2)11-13-17/h15-16H,4-14,18H2,1-3H3. The maximum atomic E-state index is 6.38. The van der Waals surface area contributed by atoms with Crippen molar-refractivity contribution >= 4 is 0 Å². The Morgan fingerprint density at radius 1 is 1.16 bits per heavy atom. The van der Waals surface area contributed by atoms with Crippen LogP contribution in [0.5, 0.6) is 0 Å². The first-order valence-corrected chi connectivity index (χ1v) is 8.53. The molecule has 1 aliphatic carbocycles. The van der Waals surface area contributed by atoms with Crippen LogP contribution in [0.2, 0.25) is 0 Å². The maximum Gasteiger partial charge on any atom is 0.0807 e. The van der Waals surface area contributed by atoms with Gasteiger partial charge in [0.05, 0.1) is 11.7 Å². The zero-order chi connectivity index (χ0) is 14.1. The summed E-state index contributed by atoms with van der Waals surface area (Å²) in [6, 6.07) is 0. The van der Waals surface area contributed by atoms with E-state index in [4.69, 9.17) is 10.5 Å². The highest BCUT2D eigenvalue weighted by Crippen LogP contribution is 2.36. The van der Waals surface area contributed by atoms with Gasteiger partial charge in [-0.2, -0.15) is 0 Å². The second-order valence-corrected chi connectivity index (χ2v) is 6.52. The molecule has 114 valence electrons. The number of ether oxygens (including phenoxy) is 1. The molecule has 0 aromatic carbocycles. The van der Waals surface area contributed by atoms with Gasteiger partial charge in [0.25, 0.3) is 0 Å². The van der Waals surface area contributed by atoms with Gasteiger partial charge in [0.15, 0.2) is 0 Å². The van der Waals surface area contributed by atoms with E-state index >= 15 is 0 Å². The molecular weight excluding hydrogens is 234 g/mol. The Morgan fingerprint density at radius 3 is 2.37 bits per heavy atom. The summed E-state index contributed by atoms with van der Waals surface area (Å²) in [5.41, 5.74) is 6.02. The Hall–Kier alpha value is -0.0800. The molecule has 0 bridgehead atoms. The van der Waals surface area contributed by atoms with Gasteiger partial charge in [0.2, 0.25) is 0 Å². The molecule has 1 saturated carbocycles. The van der Waals surface area contributed by atoms with Gasteiger partial charge < -0.3 is 10.5 Å². The average molecular weight is 269 g/mol. The Kier molecular flexibility index (Phi) is 8.01. The van der Waals surface area contributed by atoms with Gasteiger partial charge in [-0.05, 0) is 44.9 Å². The van der Waals surface area contributed by atoms with Crippen molar-refractivity contribution in [3.63, 3.8) is 0 Å². The van der Waals surface area contributed by atoms with E-state index in [1.807, 2.05) is 0 Å². The summed E-state index contributed by atoms with van der Waals surface area (Å²) < 4.78 is 6.38. The molecular formula is C17H35NO. The van der Waals surface area contributed by atoms with Gasteiger partial charge in [-0.25, -0.2) is 0 Å². The minimum absolute atomic E-state index is 0.00412. The molecule has 1 rings (SSSR count). The highest BCUT2D eigenvalue weighted by molar-refractivity contribution is 4.88. The number of unbranched alkanes of at least 4 members (excludes halogenated alkanes) is 3. The van der Waals surface area contributed by atoms with Crippen molar-refractivity contribution in [3.8, 4) is 0 Å². The van der Waals surface area contributed by atoms with E-state index in [9.17, 15) is 0 Å². The molecule has 19 heavy (non-hydrogen) atoms. The van der Waals surface area contributed by atoms with Gasteiger partial charge in [-0.15, -0.1) is 0 Å². The van der Waals surface area contributed by atoms with Crippen molar-refractivity contribution in [2.75, 3.05) is 6.54 Å². The molecule has 1 aliphatic rings. The quantitative estimate of drug-likeness (QED) is 0.618. The SMILES string of the molecule is CCCCCCC(C)OC1(CN)CCC(CC)CC1. The van der Waals surface area contributed by atoms with Crippen molar-refractivity contribution in [2.45, 2.75) is 96.7 Å². The van der Waals surface area contributed by atoms with Crippen LogP contribution >= 0.6 is 0 Å². The number of rotatable bonds is 9. The fraction of sp³-hybridized carbons (Fsp3) is 1.00. The lowest BCUT2D eigenvalue weighted by atomic mass is 9.77. The van der Waals surface area contributed by atoms with Crippen molar-refractivity contribution in [3.05, 3.63) is 0 Å². The topological polar surface area (TPSA) is 35.2 Å². The first-order chi connectivity index (χ1) is 9.15. The van der Waals surface area contributed by atoms with Crippen LogP contribution < -0.4 is 5.73 Å². The van der Waals surface area contributed by atoms with Crippen LogP contribution in [0.25, 0.3) is 0 Å². The minimum Gasteiger partial charge on any atom is -0.371 e. The highest BCUT2D eigenvalue weighted by Gasteiger charge is 2.35. The monoisotopic (exact) mass is 269 g/mol. The second kappa shape index (κ2) is 8.97. The number of hydrogen-bond acceptors (Lipinski definition) is 2. The summed E-state index contributed by atoms with van der Waals surface area (Å²) in [6.07, 6.45) is 13.1. The summed E-state index contributed by atoms with van der Waals surface area (Å²) in [4.78, 5) is 0. The van der Waals surface area contributed by atoms with Crippen LogP contribution in [0.1, 0.15) is 85.0 Å². The Morgan fingerprint density at radius 2 is 1.84 bits per heavy atom. The van der Waals surface area contributed by atoms with Gasteiger partial charge in [0, 0.05) is 6.54 Å². The van der Waals surface area contributed by atoms with E-state index in [-0.39, 0.29) is 5.60 Å². The fourth-order valence-electron chi connectivity index (χ4n) is 3.33. The third-order valence-electron chi connectivity index (χ3n) is 4.88. The molecule has 1 atom stereocenters. The number of nitrogens with two attached hydrogens (primary N) is 1. The molecule has 0 radical (unpaired) electrons. The maximum absolute atomic E-state index is 6.38. The van der Waals surface area contributed by atoms with Crippen molar-refractivity contribution in [2.24, 2.45) is 11.7 Å². The van der Waals surface area contributed by atoms with E-state index < -0.39 is 0 Å². The van der Waals surface area contributed by atoms with Gasteiger partial charge in [-0.1, -0.05) is 46.0 Å². The van der Waals surface area contributed by atoms with Crippen LogP contribution in [0, 0.1) is 5.92 Å². The van der Waals surface area contributed by atoms with E-state index in [0.717, 1.165) is 5.92 Å². The summed E-state index contributed by atoms with van der Waals surface area (Å²) in [5, 5.41) is 0. The molecule has 2 N–H and O–H groups in total. The molecule has 0 aromatic heterocycles. The van der Waals surface area contributed by atoms with E-state index in [1.54, 1.807) is 0 Å². The molecule has 0 aliphatic heterocycles. The van der Waals surface area contributed by atoms with Gasteiger partial charge >= 0.3 is 0 Å². The molecule has 1 unspecified atom stereocenters. The zero-order valence-corrected chi connectivity index (χ0v) is 13.4. The van der Waals surface area contributed by atoms with Crippen LogP contribution in [0.3, 0.4) is 0 Å². The largest absolute Gasteiger partial charge is 0.371 e. The molecule has 2 nitrogen and oxygen atoms in total. The fourth-order valence-corrected chi connectivity index (χ4v) is 3.33. The van der Waals surface area contributed by atoms with Crippen LogP contribution in [0.15, 0.2) is 0 Å². The molecule has 0 aromatic rings. The molecule has 0 heterocycles. The number of hydrogen-bond donors (Lipinski definition) is 1. The first-order valence-electron chi connectivity index (χ1n) is 8.53. The summed E-state index contributed by atoms with van der Waals surface area (Å²) in [7, 11) is 0. The van der Waals surface area contributed by atoms with E-state index in [2.05, 4.69) is 20.8 Å². The predicted molar refractivity (Wildman–Crippen MR) is 83.3 cm³/mol.